The van der Waals surface area contributed by atoms with E-state index < -0.39 is 0 Å². The fourth-order valence-corrected chi connectivity index (χ4v) is 2.26. The first-order valence-electron chi connectivity index (χ1n) is 4.89. The van der Waals surface area contributed by atoms with Crippen LogP contribution in [0.25, 0.3) is 0 Å². The van der Waals surface area contributed by atoms with Crippen LogP contribution in [-0.4, -0.2) is 4.98 Å². The number of aromatic nitrogens is 1. The van der Waals surface area contributed by atoms with E-state index in [-0.39, 0.29) is 6.04 Å². The van der Waals surface area contributed by atoms with Crippen LogP contribution in [0.2, 0.25) is 5.15 Å². The molecule has 0 saturated heterocycles. The van der Waals surface area contributed by atoms with Crippen molar-refractivity contribution in [3.63, 3.8) is 0 Å². The normalized spacial score (nSPS) is 12.4. The molecule has 2 heterocycles. The number of nitrogens with zero attached hydrogens (tertiary/aromatic N) is 1. The first-order valence-corrected chi connectivity index (χ1v) is 6.14. The third-order valence-electron chi connectivity index (χ3n) is 2.22. The first-order chi connectivity index (χ1) is 7.66. The molecule has 0 fully saturated rings. The van der Waals surface area contributed by atoms with E-state index in [0.717, 1.165) is 0 Å². The highest BCUT2D eigenvalue weighted by Crippen LogP contribution is 2.26. The minimum atomic E-state index is 0.174. The molecule has 0 bridgehead atoms. The smallest absolute Gasteiger partial charge is 0.151 e. The molecule has 1 unspecified atom stereocenters. The van der Waals surface area contributed by atoms with Gasteiger partial charge in [0.25, 0.3) is 0 Å². The number of nitrogens with two attached hydrogens (primary N) is 1. The highest BCUT2D eigenvalue weighted by molar-refractivity contribution is 7.10. The van der Waals surface area contributed by atoms with Crippen molar-refractivity contribution in [1.29, 1.82) is 0 Å². The van der Waals surface area contributed by atoms with Crippen LogP contribution in [0.3, 0.4) is 0 Å². The van der Waals surface area contributed by atoms with Crippen molar-refractivity contribution in [1.82, 2.24) is 4.98 Å². The fourth-order valence-electron chi connectivity index (χ4n) is 1.38. The maximum atomic E-state index is 5.82. The molecule has 1 atom stereocenters. The van der Waals surface area contributed by atoms with Crippen LogP contribution in [0.1, 0.15) is 17.8 Å². The predicted molar refractivity (Wildman–Crippen MR) is 70.0 cm³/mol. The molecule has 0 saturated carbocycles. The van der Waals surface area contributed by atoms with Gasteiger partial charge in [-0.3, -0.25) is 0 Å². The summed E-state index contributed by atoms with van der Waals surface area (Å²) in [5.74, 6) is 0.633. The van der Waals surface area contributed by atoms with Gasteiger partial charge in [-0.2, -0.15) is 0 Å². The summed E-state index contributed by atoms with van der Waals surface area (Å²) < 4.78 is 0. The molecule has 0 amide bonds. The zero-order chi connectivity index (χ0) is 11.5. The third-order valence-corrected chi connectivity index (χ3v) is 3.48. The van der Waals surface area contributed by atoms with Gasteiger partial charge in [-0.1, -0.05) is 17.7 Å². The molecule has 0 aliphatic carbocycles. The van der Waals surface area contributed by atoms with Gasteiger partial charge in [-0.25, -0.2) is 4.98 Å². The third kappa shape index (κ3) is 2.46. The van der Waals surface area contributed by atoms with E-state index in [1.807, 2.05) is 11.4 Å². The van der Waals surface area contributed by atoms with Crippen LogP contribution in [0.5, 0.6) is 0 Å². The monoisotopic (exact) mass is 253 g/mol. The summed E-state index contributed by atoms with van der Waals surface area (Å²) in [5, 5.41) is 5.73. The fraction of sp³-hybridized carbons (Fsp3) is 0.182. The molecule has 16 heavy (non-hydrogen) atoms. The highest BCUT2D eigenvalue weighted by atomic mass is 35.5. The average Bonchev–Trinajstić information content (AvgIpc) is 2.76. The Morgan fingerprint density at radius 2 is 2.25 bits per heavy atom. The summed E-state index contributed by atoms with van der Waals surface area (Å²) >= 11 is 7.52. The standard InChI is InChI=1S/C11H12ClN3S/c1-7(9-3-2-6-16-9)14-11-8(13)4-5-10(12)15-11/h2-7H,13H2,1H3,(H,14,15). The maximum Gasteiger partial charge on any atom is 0.151 e. The van der Waals surface area contributed by atoms with Crippen LogP contribution < -0.4 is 11.1 Å². The zero-order valence-corrected chi connectivity index (χ0v) is 10.3. The van der Waals surface area contributed by atoms with E-state index in [1.165, 1.54) is 4.88 Å². The molecule has 84 valence electrons. The van der Waals surface area contributed by atoms with Crippen molar-refractivity contribution < 1.29 is 0 Å². The molecule has 3 nitrogen and oxygen atoms in total. The number of halogens is 1. The van der Waals surface area contributed by atoms with Gasteiger partial charge >= 0.3 is 0 Å². The van der Waals surface area contributed by atoms with Gasteiger partial charge in [0.2, 0.25) is 0 Å². The van der Waals surface area contributed by atoms with Gasteiger partial charge in [-0.05, 0) is 30.5 Å². The summed E-state index contributed by atoms with van der Waals surface area (Å²) in [6, 6.07) is 7.69. The molecule has 3 N–H and O–H groups in total. The Balaban J connectivity index is 2.17. The summed E-state index contributed by atoms with van der Waals surface area (Å²) in [7, 11) is 0. The topological polar surface area (TPSA) is 50.9 Å². The maximum absolute atomic E-state index is 5.82. The molecule has 2 aromatic rings. The Labute approximate surface area is 103 Å². The van der Waals surface area contributed by atoms with E-state index in [1.54, 1.807) is 23.5 Å². The molecule has 0 aromatic carbocycles. The zero-order valence-electron chi connectivity index (χ0n) is 8.77. The number of nitrogen functional groups attached to an aromatic ring is 1. The number of hydrogen-bond acceptors (Lipinski definition) is 4. The van der Waals surface area contributed by atoms with Crippen molar-refractivity contribution in [3.8, 4) is 0 Å². The van der Waals surface area contributed by atoms with Crippen molar-refractivity contribution in [2.24, 2.45) is 0 Å². The minimum Gasteiger partial charge on any atom is -0.396 e. The van der Waals surface area contributed by atoms with Crippen molar-refractivity contribution in [2.75, 3.05) is 11.1 Å². The largest absolute Gasteiger partial charge is 0.396 e. The summed E-state index contributed by atoms with van der Waals surface area (Å²) in [4.78, 5) is 5.39. The van der Waals surface area contributed by atoms with Crippen molar-refractivity contribution in [2.45, 2.75) is 13.0 Å². The molecule has 2 rings (SSSR count). The number of rotatable bonds is 3. The van der Waals surface area contributed by atoms with E-state index >= 15 is 0 Å². The molecular weight excluding hydrogens is 242 g/mol. The van der Waals surface area contributed by atoms with Crippen molar-refractivity contribution in [3.05, 3.63) is 39.7 Å². The summed E-state index contributed by atoms with van der Waals surface area (Å²) in [6.45, 7) is 2.06. The van der Waals surface area contributed by atoms with Crippen LogP contribution in [0, 0.1) is 0 Å². The van der Waals surface area contributed by atoms with Crippen LogP contribution >= 0.6 is 22.9 Å². The molecule has 0 radical (unpaired) electrons. The average molecular weight is 254 g/mol. The molecule has 0 aliphatic rings. The number of pyridine rings is 1. The van der Waals surface area contributed by atoms with E-state index in [0.29, 0.717) is 16.7 Å². The Bertz CT molecular complexity index is 470. The Kier molecular flexibility index (Phi) is 3.31. The van der Waals surface area contributed by atoms with Gasteiger partial charge in [-0.15, -0.1) is 11.3 Å². The Morgan fingerprint density at radius 3 is 2.94 bits per heavy atom. The second kappa shape index (κ2) is 4.72. The molecule has 0 aliphatic heterocycles. The minimum absolute atomic E-state index is 0.174. The van der Waals surface area contributed by atoms with E-state index in [2.05, 4.69) is 23.3 Å². The van der Waals surface area contributed by atoms with Crippen LogP contribution in [0.15, 0.2) is 29.6 Å². The van der Waals surface area contributed by atoms with Gasteiger partial charge in [0, 0.05) is 4.88 Å². The predicted octanol–water partition coefficient (Wildman–Crippen LogP) is 3.55. The molecule has 2 aromatic heterocycles. The lowest BCUT2D eigenvalue weighted by molar-refractivity contribution is 0.898. The summed E-state index contributed by atoms with van der Waals surface area (Å²) in [5.41, 5.74) is 6.42. The van der Waals surface area contributed by atoms with Crippen molar-refractivity contribution >= 4 is 34.4 Å². The van der Waals surface area contributed by atoms with E-state index in [4.69, 9.17) is 17.3 Å². The number of anilines is 2. The van der Waals surface area contributed by atoms with E-state index in [9.17, 15) is 0 Å². The first kappa shape index (κ1) is 11.2. The lowest BCUT2D eigenvalue weighted by Gasteiger charge is -2.14. The Hall–Kier alpha value is -1.26. The lowest BCUT2D eigenvalue weighted by Crippen LogP contribution is -2.08. The molecular formula is C11H12ClN3S. The SMILES string of the molecule is CC(Nc1nc(Cl)ccc1N)c1cccs1. The number of thiophene rings is 1. The van der Waals surface area contributed by atoms with Gasteiger partial charge in [0.15, 0.2) is 5.82 Å². The summed E-state index contributed by atoms with van der Waals surface area (Å²) in [6.07, 6.45) is 0. The van der Waals surface area contributed by atoms with Crippen LogP contribution in [-0.2, 0) is 0 Å². The number of nitrogens with one attached hydrogen (secondary N) is 1. The highest BCUT2D eigenvalue weighted by Gasteiger charge is 2.09. The number of hydrogen-bond donors (Lipinski definition) is 2. The lowest BCUT2D eigenvalue weighted by atomic mass is 10.2. The second-order valence-electron chi connectivity index (χ2n) is 3.45. The van der Waals surface area contributed by atoms with Crippen LogP contribution in [0.4, 0.5) is 11.5 Å². The second-order valence-corrected chi connectivity index (χ2v) is 4.82. The quantitative estimate of drug-likeness (QED) is 0.823. The van der Waals surface area contributed by atoms with Gasteiger partial charge in [0.1, 0.15) is 5.15 Å². The molecule has 5 heteroatoms. The van der Waals surface area contributed by atoms with Gasteiger partial charge in [0.05, 0.1) is 11.7 Å². The Morgan fingerprint density at radius 1 is 1.44 bits per heavy atom. The molecule has 0 spiro atoms. The van der Waals surface area contributed by atoms with Gasteiger partial charge < -0.3 is 11.1 Å².